The molecule has 1 N–H and O–H groups in total. The molecule has 3 fully saturated rings. The van der Waals surface area contributed by atoms with Crippen molar-refractivity contribution in [2.75, 3.05) is 0 Å². The van der Waals surface area contributed by atoms with Crippen LogP contribution in [0.15, 0.2) is 21.9 Å². The lowest BCUT2D eigenvalue weighted by Crippen LogP contribution is -2.24. The van der Waals surface area contributed by atoms with Gasteiger partial charge in [-0.25, -0.2) is 8.78 Å². The highest BCUT2D eigenvalue weighted by molar-refractivity contribution is 7.87. The van der Waals surface area contributed by atoms with Crippen LogP contribution in [0.4, 0.5) is 17.6 Å². The van der Waals surface area contributed by atoms with Gasteiger partial charge in [-0.3, -0.25) is 4.55 Å². The van der Waals surface area contributed by atoms with Crippen molar-refractivity contribution in [3.8, 4) is 5.75 Å². The SMILES string of the molecule is O=S(=O)(O)c1c(F)c(F)c(OS(=O)(=O)c2c(C3CCC3)cc(C3CCC3)cc2C2CCC2)c(F)c1F. The second-order valence-corrected chi connectivity index (χ2v) is 12.7. The number of hydrogen-bond donors (Lipinski definition) is 1. The number of hydrogen-bond acceptors (Lipinski definition) is 5. The van der Waals surface area contributed by atoms with Gasteiger partial charge in [0.05, 0.1) is 0 Å². The molecular weight excluding hydrogens is 524 g/mol. The maximum absolute atomic E-state index is 14.6. The van der Waals surface area contributed by atoms with Crippen LogP contribution in [-0.4, -0.2) is 21.4 Å². The van der Waals surface area contributed by atoms with Crippen molar-refractivity contribution < 1.29 is 43.1 Å². The lowest BCUT2D eigenvalue weighted by molar-refractivity contribution is 0.360. The van der Waals surface area contributed by atoms with Crippen LogP contribution in [0.25, 0.3) is 0 Å². The molecule has 12 heteroatoms. The van der Waals surface area contributed by atoms with Crippen molar-refractivity contribution in [1.29, 1.82) is 0 Å². The summed E-state index contributed by atoms with van der Waals surface area (Å²) in [7, 11) is -10.7. The molecule has 0 radical (unpaired) electrons. The molecule has 3 saturated carbocycles. The average molecular weight is 549 g/mol. The smallest absolute Gasteiger partial charge is 0.339 e. The van der Waals surface area contributed by atoms with Gasteiger partial charge in [0, 0.05) is 0 Å². The molecule has 0 spiro atoms. The first-order valence-corrected chi connectivity index (χ1v) is 14.7. The van der Waals surface area contributed by atoms with Crippen LogP contribution in [0.2, 0.25) is 0 Å². The topological polar surface area (TPSA) is 97.7 Å². The number of halogens is 4. The van der Waals surface area contributed by atoms with E-state index in [1.807, 2.05) is 0 Å². The molecule has 3 aliphatic carbocycles. The molecule has 0 amide bonds. The summed E-state index contributed by atoms with van der Waals surface area (Å²) in [6.07, 6.45) is 7.66. The molecule has 5 rings (SSSR count). The molecule has 2 aromatic rings. The first-order chi connectivity index (χ1) is 16.9. The third-order valence-electron chi connectivity index (χ3n) is 7.72. The van der Waals surface area contributed by atoms with Gasteiger partial charge >= 0.3 is 20.2 Å². The normalized spacial score (nSPS) is 19.5. The first kappa shape index (κ1) is 25.5. The lowest BCUT2D eigenvalue weighted by atomic mass is 9.72. The van der Waals surface area contributed by atoms with Gasteiger partial charge in [-0.15, -0.1) is 0 Å². The number of rotatable bonds is 7. The van der Waals surface area contributed by atoms with Crippen LogP contribution in [-0.2, 0) is 20.2 Å². The highest BCUT2D eigenvalue weighted by Crippen LogP contribution is 2.49. The van der Waals surface area contributed by atoms with Crippen molar-refractivity contribution in [3.05, 3.63) is 52.1 Å². The molecule has 0 unspecified atom stereocenters. The van der Waals surface area contributed by atoms with Crippen molar-refractivity contribution in [2.45, 2.75) is 85.3 Å². The lowest BCUT2D eigenvalue weighted by Gasteiger charge is -2.35. The van der Waals surface area contributed by atoms with Crippen LogP contribution in [0.3, 0.4) is 0 Å². The first-order valence-electron chi connectivity index (χ1n) is 11.9. The van der Waals surface area contributed by atoms with E-state index in [2.05, 4.69) is 0 Å². The summed E-state index contributed by atoms with van der Waals surface area (Å²) in [5.74, 6) is -11.6. The van der Waals surface area contributed by atoms with Crippen molar-refractivity contribution in [1.82, 2.24) is 0 Å². The standard InChI is InChI=1S/C24H24F4O6S2/c25-18-20(27)24(35(29,30)31)21(28)19(26)22(18)34-36(32,33)23-16(13-6-2-7-13)10-15(12-4-1-5-12)11-17(23)14-8-3-9-14/h10-14H,1-9H2,(H,29,30,31). The van der Waals surface area contributed by atoms with Crippen LogP contribution >= 0.6 is 0 Å². The Balaban J connectivity index is 1.67. The molecule has 0 aliphatic heterocycles. The van der Waals surface area contributed by atoms with Gasteiger partial charge < -0.3 is 4.18 Å². The second-order valence-electron chi connectivity index (χ2n) is 9.84. The molecule has 6 nitrogen and oxygen atoms in total. The van der Waals surface area contributed by atoms with Crippen LogP contribution < -0.4 is 4.18 Å². The summed E-state index contributed by atoms with van der Waals surface area (Å²) in [4.78, 5) is -2.50. The number of benzene rings is 2. The van der Waals surface area contributed by atoms with E-state index in [-0.39, 0.29) is 16.7 Å². The van der Waals surface area contributed by atoms with E-state index in [1.54, 1.807) is 12.1 Å². The summed E-state index contributed by atoms with van der Waals surface area (Å²) in [6.45, 7) is 0. The van der Waals surface area contributed by atoms with Crippen molar-refractivity contribution in [3.63, 3.8) is 0 Å². The van der Waals surface area contributed by atoms with E-state index >= 15 is 0 Å². The van der Waals surface area contributed by atoms with E-state index in [1.165, 1.54) is 0 Å². The summed E-state index contributed by atoms with van der Waals surface area (Å²) < 4.78 is 121. The highest BCUT2D eigenvalue weighted by atomic mass is 32.2. The van der Waals surface area contributed by atoms with E-state index < -0.39 is 54.2 Å². The minimum absolute atomic E-state index is 0.109. The van der Waals surface area contributed by atoms with Gasteiger partial charge in [0.1, 0.15) is 4.90 Å². The molecule has 0 aromatic heterocycles. The monoisotopic (exact) mass is 548 g/mol. The summed E-state index contributed by atoms with van der Waals surface area (Å²) >= 11 is 0. The summed E-state index contributed by atoms with van der Waals surface area (Å²) in [6, 6.07) is 3.61. The van der Waals surface area contributed by atoms with Gasteiger partial charge in [-0.05, 0) is 73.0 Å². The Labute approximate surface area is 206 Å². The minimum atomic E-state index is -5.69. The van der Waals surface area contributed by atoms with E-state index in [9.17, 15) is 34.4 Å². The van der Waals surface area contributed by atoms with E-state index in [0.29, 0.717) is 17.0 Å². The maximum atomic E-state index is 14.6. The fraction of sp³-hybridized carbons (Fsp3) is 0.500. The van der Waals surface area contributed by atoms with Crippen molar-refractivity contribution in [2.24, 2.45) is 0 Å². The van der Waals surface area contributed by atoms with Gasteiger partial charge in [0.15, 0.2) is 16.5 Å². The van der Waals surface area contributed by atoms with Gasteiger partial charge in [-0.1, -0.05) is 31.4 Å². The Bertz CT molecular complexity index is 1380. The summed E-state index contributed by atoms with van der Waals surface area (Å²) in [5, 5.41) is 0. The molecule has 3 aliphatic rings. The quantitative estimate of drug-likeness (QED) is 0.196. The molecular formula is C24H24F4O6S2. The molecule has 196 valence electrons. The zero-order valence-electron chi connectivity index (χ0n) is 19.1. The zero-order valence-corrected chi connectivity index (χ0v) is 20.7. The Kier molecular flexibility index (Phi) is 6.36. The average Bonchev–Trinajstić information content (AvgIpc) is 2.64. The third-order valence-corrected chi connectivity index (χ3v) is 9.95. The largest absolute Gasteiger partial charge is 0.372 e. The molecule has 2 aromatic carbocycles. The predicted octanol–water partition coefficient (Wildman–Crippen LogP) is 6.06. The summed E-state index contributed by atoms with van der Waals surface area (Å²) in [5.41, 5.74) is 1.96. The predicted molar refractivity (Wildman–Crippen MR) is 120 cm³/mol. The van der Waals surface area contributed by atoms with Gasteiger partial charge in [0.2, 0.25) is 17.4 Å². The molecule has 0 bridgehead atoms. The maximum Gasteiger partial charge on any atom is 0.339 e. The van der Waals surface area contributed by atoms with Gasteiger partial charge in [-0.2, -0.15) is 25.6 Å². The fourth-order valence-corrected chi connectivity index (χ4v) is 7.16. The molecule has 0 atom stereocenters. The van der Waals surface area contributed by atoms with Crippen LogP contribution in [0.5, 0.6) is 5.75 Å². The Morgan fingerprint density at radius 3 is 1.42 bits per heavy atom. The van der Waals surface area contributed by atoms with E-state index in [4.69, 9.17) is 8.74 Å². The van der Waals surface area contributed by atoms with Crippen molar-refractivity contribution >= 4 is 20.2 Å². The van der Waals surface area contributed by atoms with Crippen LogP contribution in [0, 0.1) is 23.3 Å². The second kappa shape index (κ2) is 8.98. The molecule has 0 heterocycles. The molecule has 36 heavy (non-hydrogen) atoms. The Hall–Kier alpha value is -2.18. The molecule has 0 saturated heterocycles. The van der Waals surface area contributed by atoms with Gasteiger partial charge in [0.25, 0.3) is 0 Å². The fourth-order valence-electron chi connectivity index (χ4n) is 5.05. The Morgan fingerprint density at radius 2 is 1.08 bits per heavy atom. The Morgan fingerprint density at radius 1 is 0.667 bits per heavy atom. The van der Waals surface area contributed by atoms with Crippen LogP contribution in [0.1, 0.15) is 92.2 Å². The zero-order chi connectivity index (χ0) is 26.0. The minimum Gasteiger partial charge on any atom is -0.372 e. The van der Waals surface area contributed by atoms with E-state index in [0.717, 1.165) is 63.4 Å². The highest BCUT2D eigenvalue weighted by Gasteiger charge is 2.40. The third kappa shape index (κ3) is 4.20.